The number of aromatic amines is 1. The van der Waals surface area contributed by atoms with Crippen LogP contribution in [0.5, 0.6) is 5.75 Å². The highest BCUT2D eigenvalue weighted by Gasteiger charge is 2.37. The first-order valence-electron chi connectivity index (χ1n) is 31.9. The molecule has 1 heterocycles. The normalized spacial score (nSPS) is 13.7. The molecular formula is C66H98N16O13. The maximum absolute atomic E-state index is 15.1. The molecule has 520 valence electrons. The molecule has 0 aliphatic rings. The number of hydrogen-bond donors (Lipinski definition) is 14. The molecule has 29 nitrogen and oxygen atoms in total. The molecule has 20 N–H and O–H groups in total. The van der Waals surface area contributed by atoms with E-state index in [1.165, 1.54) is 26.1 Å². The van der Waals surface area contributed by atoms with Crippen molar-refractivity contribution in [2.24, 2.45) is 62.1 Å². The lowest BCUT2D eigenvalue weighted by Gasteiger charge is -2.31. The van der Waals surface area contributed by atoms with Crippen LogP contribution in [0.1, 0.15) is 102 Å². The monoisotopic (exact) mass is 1320 g/mol. The Balaban J connectivity index is 1.65. The topological polar surface area (TPSA) is 481 Å². The van der Waals surface area contributed by atoms with Crippen molar-refractivity contribution >= 4 is 81.6 Å². The summed E-state index contributed by atoms with van der Waals surface area (Å²) in [4.78, 5) is 152. The number of guanidine groups is 2. The number of nitrogens with zero attached hydrogens (tertiary/aromatic N) is 3. The summed E-state index contributed by atoms with van der Waals surface area (Å²) >= 11 is 0. The van der Waals surface area contributed by atoms with Gasteiger partial charge >= 0.3 is 0 Å². The predicted molar refractivity (Wildman–Crippen MR) is 359 cm³/mol. The molecule has 4 rings (SSSR count). The number of Topliss-reactive ketones (excluding diaryl/α,β-unsaturated/α-hetero) is 2. The lowest BCUT2D eigenvalue weighted by atomic mass is 9.87. The number of aromatic nitrogens is 1. The van der Waals surface area contributed by atoms with Crippen LogP contribution in [0.3, 0.4) is 0 Å². The molecule has 0 unspecified atom stereocenters. The molecular weight excluding hydrogens is 1220 g/mol. The second kappa shape index (κ2) is 41.3. The lowest BCUT2D eigenvalue weighted by molar-refractivity contribution is -0.143. The van der Waals surface area contributed by atoms with Gasteiger partial charge in [0, 0.05) is 88.6 Å². The van der Waals surface area contributed by atoms with Crippen LogP contribution in [0.2, 0.25) is 0 Å². The van der Waals surface area contributed by atoms with Crippen LogP contribution in [0.25, 0.3) is 10.9 Å². The van der Waals surface area contributed by atoms with Gasteiger partial charge < -0.3 is 90.8 Å². The summed E-state index contributed by atoms with van der Waals surface area (Å²) in [5.74, 6) is -10.1. The minimum atomic E-state index is -1.52. The quantitative estimate of drug-likeness (QED) is 0.0156. The van der Waals surface area contributed by atoms with Gasteiger partial charge in [0.05, 0.1) is 31.7 Å². The predicted octanol–water partition coefficient (Wildman–Crippen LogP) is -0.130. The van der Waals surface area contributed by atoms with E-state index in [2.05, 4.69) is 46.9 Å². The molecule has 1 aromatic heterocycles. The summed E-state index contributed by atoms with van der Waals surface area (Å²) in [6.07, 6.45) is 1.41. The minimum absolute atomic E-state index is 0.000821. The molecule has 0 saturated heterocycles. The third kappa shape index (κ3) is 28.7. The van der Waals surface area contributed by atoms with Crippen molar-refractivity contribution in [3.8, 4) is 5.75 Å². The van der Waals surface area contributed by atoms with Gasteiger partial charge in [-0.1, -0.05) is 74.5 Å². The Hall–Kier alpha value is -9.48. The number of nitrogens with two attached hydrogens (primary N) is 6. The summed E-state index contributed by atoms with van der Waals surface area (Å²) in [6, 6.07) is 14.7. The average molecular weight is 1320 g/mol. The van der Waals surface area contributed by atoms with Gasteiger partial charge in [-0.05, 0) is 112 Å². The number of benzene rings is 3. The molecule has 0 aliphatic heterocycles. The zero-order valence-corrected chi connectivity index (χ0v) is 55.1. The second-order valence-corrected chi connectivity index (χ2v) is 23.9. The van der Waals surface area contributed by atoms with E-state index >= 15 is 9.59 Å². The number of fused-ring (bicyclic) bond motifs is 1. The molecule has 0 bridgehead atoms. The number of carbonyl (C=O) groups excluding carboxylic acids is 10. The lowest BCUT2D eigenvalue weighted by Crippen LogP contribution is -2.58. The van der Waals surface area contributed by atoms with E-state index in [0.717, 1.165) is 21.4 Å². The minimum Gasteiger partial charge on any atom is -0.508 e. The molecule has 0 radical (unpaired) electrons. The van der Waals surface area contributed by atoms with Crippen molar-refractivity contribution < 1.29 is 62.5 Å². The highest BCUT2D eigenvalue weighted by molar-refractivity contribution is 5.99. The number of ether oxygens (including phenoxy) is 2. The fourth-order valence-corrected chi connectivity index (χ4v) is 10.5. The van der Waals surface area contributed by atoms with E-state index < -0.39 is 120 Å². The number of ketones is 2. The molecule has 0 aliphatic carbocycles. The Kier molecular flexibility index (Phi) is 33.9. The number of H-pyrrole nitrogens is 1. The number of hydrogen-bond acceptors (Lipinski definition) is 16. The van der Waals surface area contributed by atoms with Crippen molar-refractivity contribution in [1.82, 2.24) is 41.8 Å². The van der Waals surface area contributed by atoms with E-state index in [1.807, 2.05) is 38.1 Å². The third-order valence-corrected chi connectivity index (χ3v) is 15.7. The van der Waals surface area contributed by atoms with Gasteiger partial charge in [-0.15, -0.1) is 0 Å². The Morgan fingerprint density at radius 2 is 1.15 bits per heavy atom. The van der Waals surface area contributed by atoms with Crippen LogP contribution < -0.4 is 66.3 Å². The number of phenolic OH excluding ortho intramolecular Hbond substituents is 1. The first-order chi connectivity index (χ1) is 45.3. The van der Waals surface area contributed by atoms with E-state index in [9.17, 15) is 43.5 Å². The first-order valence-corrected chi connectivity index (χ1v) is 31.9. The van der Waals surface area contributed by atoms with E-state index in [-0.39, 0.29) is 101 Å². The molecule has 0 spiro atoms. The smallest absolute Gasteiger partial charge is 0.245 e. The fourth-order valence-electron chi connectivity index (χ4n) is 10.5. The summed E-state index contributed by atoms with van der Waals surface area (Å²) in [7, 11) is 2.90. The van der Waals surface area contributed by atoms with Crippen LogP contribution in [-0.4, -0.2) is 182 Å². The van der Waals surface area contributed by atoms with Crippen molar-refractivity contribution in [3.05, 3.63) is 102 Å². The van der Waals surface area contributed by atoms with Crippen LogP contribution in [-0.2, 0) is 76.7 Å². The second-order valence-electron chi connectivity index (χ2n) is 23.9. The maximum Gasteiger partial charge on any atom is 0.245 e. The Morgan fingerprint density at radius 1 is 0.579 bits per heavy atom. The summed E-state index contributed by atoms with van der Waals surface area (Å²) in [6.45, 7) is 7.53. The first kappa shape index (κ1) is 78.0. The number of phenols is 1. The standard InChI is InChI=1S/C66H98N16O13/c1-40(2)32-52(80-62(91)45(35-46-39-76-49-17-10-9-16-48(46)49)37-56(85)53(34-43-20-22-47(83)23-21-43)77-58(87)24-28-73-25-13-29-95-31-30-94-5)55(84)36-44(33-42-14-7-6-8-15-42)61(90)79-51(19-12-27-75-66(71)72)64(93)82(4)41(3)60(89)78-50(18-11-26-74-65(69)70)63(92)81-54(59(68)88)38-57(67)86/h6-10,14-17,20-23,39-41,44-45,50-54,73,76,83H,11-13,18-19,24-38H2,1-5H3,(H2,67,86)(H2,68,88)(H,77,87)(H,78,89)(H,79,90)(H,80,91)(H,81,92)(H4,69,70,74)(H4,71,72,75)/t41-,44+,45+,50-,51-,52-,53-,54-/m0/s1. The number of nitrogens with one attached hydrogen (secondary N) is 7. The molecule has 0 saturated carbocycles. The Bertz CT molecular complexity index is 3210. The number of aliphatic imine (C=N–C) groups is 2. The molecule has 8 atom stereocenters. The number of rotatable bonds is 46. The Labute approximate surface area is 554 Å². The largest absolute Gasteiger partial charge is 0.508 e. The third-order valence-electron chi connectivity index (χ3n) is 15.7. The molecule has 95 heavy (non-hydrogen) atoms. The van der Waals surface area contributed by atoms with Crippen LogP contribution in [0.15, 0.2) is 95.0 Å². The number of para-hydroxylation sites is 1. The maximum atomic E-state index is 15.1. The van der Waals surface area contributed by atoms with Crippen LogP contribution >= 0.6 is 0 Å². The van der Waals surface area contributed by atoms with Crippen molar-refractivity contribution in [2.75, 3.05) is 60.2 Å². The van der Waals surface area contributed by atoms with Crippen molar-refractivity contribution in [2.45, 2.75) is 140 Å². The van der Waals surface area contributed by atoms with Crippen LogP contribution in [0, 0.1) is 17.8 Å². The number of methoxy groups -OCH3 is 1. The van der Waals surface area contributed by atoms with E-state index in [0.29, 0.717) is 50.5 Å². The number of amides is 8. The van der Waals surface area contributed by atoms with E-state index in [1.54, 1.807) is 55.8 Å². The van der Waals surface area contributed by atoms with Gasteiger partial charge in [-0.3, -0.25) is 57.9 Å². The molecule has 29 heteroatoms. The SMILES string of the molecule is COCCOCCCNCCC(=O)N[C@@H](Cc1ccc(O)cc1)C(=O)C[C@@H](Cc1c[nH]c2ccccc12)C(=O)N[C@@H](CC(C)C)C(=O)C[C@@H](Cc1ccccc1)C(=O)N[C@@H](CCCN=C(N)N)C(=O)N(C)[C@@H](C)C(=O)N[C@@H](CCCN=C(N)N)C(=O)N[C@@H](CC(N)=O)C(N)=O. The zero-order valence-electron chi connectivity index (χ0n) is 55.1. The number of carbonyl (C=O) groups is 10. The number of primary amides is 2. The average Bonchev–Trinajstić information content (AvgIpc) is 1.78. The summed E-state index contributed by atoms with van der Waals surface area (Å²) in [5.41, 5.74) is 35.7. The van der Waals surface area contributed by atoms with Gasteiger partial charge in [0.1, 0.15) is 29.9 Å². The molecule has 4 aromatic rings. The van der Waals surface area contributed by atoms with E-state index in [4.69, 9.17) is 43.9 Å². The van der Waals surface area contributed by atoms with Crippen LogP contribution in [0.4, 0.5) is 0 Å². The highest BCUT2D eigenvalue weighted by Crippen LogP contribution is 2.25. The van der Waals surface area contributed by atoms with Gasteiger partial charge in [-0.25, -0.2) is 0 Å². The summed E-state index contributed by atoms with van der Waals surface area (Å²) in [5, 5.41) is 27.8. The molecule has 8 amide bonds. The molecule has 0 fully saturated rings. The van der Waals surface area contributed by atoms with Gasteiger partial charge in [-0.2, -0.15) is 0 Å². The number of likely N-dealkylation sites (N-methyl/N-ethyl adjacent to an activating group) is 1. The number of aromatic hydroxyl groups is 1. The van der Waals surface area contributed by atoms with Gasteiger partial charge in [0.25, 0.3) is 0 Å². The van der Waals surface area contributed by atoms with Gasteiger partial charge in [0.2, 0.25) is 47.3 Å². The zero-order chi connectivity index (χ0) is 70.0. The summed E-state index contributed by atoms with van der Waals surface area (Å²) < 4.78 is 10.5. The Morgan fingerprint density at radius 3 is 1.76 bits per heavy atom. The fraction of sp³-hybridized carbons (Fsp3) is 0.515. The van der Waals surface area contributed by atoms with Crippen molar-refractivity contribution in [3.63, 3.8) is 0 Å². The van der Waals surface area contributed by atoms with Gasteiger partial charge in [0.15, 0.2) is 23.5 Å². The highest BCUT2D eigenvalue weighted by atomic mass is 16.5. The molecule has 3 aromatic carbocycles. The van der Waals surface area contributed by atoms with Crippen molar-refractivity contribution in [1.29, 1.82) is 0 Å².